The third kappa shape index (κ3) is 3.51. The summed E-state index contributed by atoms with van der Waals surface area (Å²) in [5, 5.41) is 1.79. The molecule has 0 aliphatic carbocycles. The van der Waals surface area contributed by atoms with Crippen LogP contribution in [0.5, 0.6) is 0 Å². The Morgan fingerprint density at radius 3 is 1.00 bits per heavy atom. The third-order valence-electron chi connectivity index (χ3n) is 3.31. The molecule has 0 aliphatic rings. The summed E-state index contributed by atoms with van der Waals surface area (Å²) in [5.41, 5.74) is 2.16. The van der Waals surface area contributed by atoms with Crippen molar-refractivity contribution in [2.75, 3.05) is 26.7 Å². The molecule has 0 aliphatic heterocycles. The highest BCUT2D eigenvalue weighted by Gasteiger charge is 2.12. The minimum absolute atomic E-state index is 0.893. The highest BCUT2D eigenvalue weighted by molar-refractivity contribution is 7.70. The molecule has 4 heteroatoms. The Bertz CT molecular complexity index is 625. The molecule has 0 atom stereocenters. The lowest BCUT2D eigenvalue weighted by atomic mass is 10.1. The quantitative estimate of drug-likeness (QED) is 0.807. The van der Waals surface area contributed by atoms with Crippen molar-refractivity contribution in [3.63, 3.8) is 0 Å². The fourth-order valence-electron chi connectivity index (χ4n) is 2.03. The van der Waals surface area contributed by atoms with Crippen LogP contribution in [0.2, 0.25) is 0 Å². The normalized spacial score (nSPS) is 12.4. The van der Waals surface area contributed by atoms with Crippen molar-refractivity contribution in [1.29, 1.82) is 0 Å². The van der Waals surface area contributed by atoms with Gasteiger partial charge in [0.25, 0.3) is 0 Å². The van der Waals surface area contributed by atoms with Gasteiger partial charge in [0, 0.05) is 10.6 Å². The van der Waals surface area contributed by atoms with Gasteiger partial charge < -0.3 is 9.13 Å². The zero-order chi connectivity index (χ0) is 15.0. The Morgan fingerprint density at radius 2 is 0.800 bits per heavy atom. The Kier molecular flexibility index (Phi) is 4.09. The van der Waals surface area contributed by atoms with Crippen molar-refractivity contribution in [2.24, 2.45) is 0 Å². The van der Waals surface area contributed by atoms with Crippen LogP contribution < -0.4 is 10.6 Å². The van der Waals surface area contributed by atoms with E-state index in [2.05, 4.69) is 0 Å². The molecule has 2 aromatic rings. The molecule has 0 radical (unpaired) electrons. The first-order valence-electron chi connectivity index (χ1n) is 6.49. The van der Waals surface area contributed by atoms with Gasteiger partial charge in [-0.15, -0.1) is 0 Å². The Hall–Kier alpha value is -1.10. The number of benzene rings is 2. The maximum absolute atomic E-state index is 12.0. The predicted octanol–water partition coefficient (Wildman–Crippen LogP) is 3.85. The first kappa shape index (κ1) is 15.3. The standard InChI is InChI=1S/C16H20O2P2/c1-19(2,17)15-9-5-13(6-10-15)14-7-11-16(12-8-14)20(3,4)18/h5-12H,1-4H3. The van der Waals surface area contributed by atoms with Gasteiger partial charge >= 0.3 is 0 Å². The SMILES string of the molecule is CP(C)(=O)c1ccc(-c2ccc(P(C)(C)=O)cc2)cc1. The molecular formula is C16H20O2P2. The van der Waals surface area contributed by atoms with Crippen molar-refractivity contribution < 1.29 is 9.13 Å². The summed E-state index contributed by atoms with van der Waals surface area (Å²) >= 11 is 0. The van der Waals surface area contributed by atoms with E-state index in [-0.39, 0.29) is 0 Å². The second-order valence-corrected chi connectivity index (χ2v) is 12.2. The maximum atomic E-state index is 12.0. The minimum Gasteiger partial charge on any atom is -0.319 e. The fourth-order valence-corrected chi connectivity index (χ4v) is 3.76. The van der Waals surface area contributed by atoms with Gasteiger partial charge in [-0.25, -0.2) is 0 Å². The highest BCUT2D eigenvalue weighted by atomic mass is 31.2. The van der Waals surface area contributed by atoms with Crippen LogP contribution in [-0.2, 0) is 9.13 Å². The smallest absolute Gasteiger partial charge is 0.109 e. The molecule has 2 rings (SSSR count). The lowest BCUT2D eigenvalue weighted by Crippen LogP contribution is -2.03. The van der Waals surface area contributed by atoms with Crippen LogP contribution in [-0.4, -0.2) is 26.7 Å². The summed E-state index contributed by atoms with van der Waals surface area (Å²) in [7, 11) is -4.39. The van der Waals surface area contributed by atoms with Crippen molar-refractivity contribution in [1.82, 2.24) is 0 Å². The van der Waals surface area contributed by atoms with E-state index in [1.165, 1.54) is 0 Å². The zero-order valence-electron chi connectivity index (χ0n) is 12.3. The summed E-state index contributed by atoms with van der Waals surface area (Å²) in [6.45, 7) is 7.10. The van der Waals surface area contributed by atoms with E-state index < -0.39 is 14.3 Å². The van der Waals surface area contributed by atoms with Crippen molar-refractivity contribution in [2.45, 2.75) is 0 Å². The maximum Gasteiger partial charge on any atom is 0.109 e. The number of rotatable bonds is 3. The van der Waals surface area contributed by atoms with E-state index in [9.17, 15) is 9.13 Å². The predicted molar refractivity (Wildman–Crippen MR) is 90.1 cm³/mol. The molecule has 0 saturated carbocycles. The molecule has 0 amide bonds. The number of hydrogen-bond acceptors (Lipinski definition) is 2. The Balaban J connectivity index is 2.33. The van der Waals surface area contributed by atoms with Gasteiger partial charge in [0.05, 0.1) is 0 Å². The molecular weight excluding hydrogens is 286 g/mol. The fraction of sp³-hybridized carbons (Fsp3) is 0.250. The lowest BCUT2D eigenvalue weighted by Gasteiger charge is -2.10. The Morgan fingerprint density at radius 1 is 0.550 bits per heavy atom. The third-order valence-corrected chi connectivity index (χ3v) is 6.40. The molecule has 0 bridgehead atoms. The Labute approximate surface area is 121 Å². The molecule has 0 aromatic heterocycles. The van der Waals surface area contributed by atoms with Gasteiger partial charge in [0.15, 0.2) is 0 Å². The molecule has 2 nitrogen and oxygen atoms in total. The molecule has 0 saturated heterocycles. The highest BCUT2D eigenvalue weighted by Crippen LogP contribution is 2.36. The molecule has 2 aromatic carbocycles. The van der Waals surface area contributed by atoms with Gasteiger partial charge in [-0.05, 0) is 37.8 Å². The van der Waals surface area contributed by atoms with Gasteiger partial charge in [-0.3, -0.25) is 0 Å². The minimum atomic E-state index is -2.20. The molecule has 0 fully saturated rings. The van der Waals surface area contributed by atoms with E-state index in [1.54, 1.807) is 26.7 Å². The molecule has 106 valence electrons. The summed E-state index contributed by atoms with van der Waals surface area (Å²) in [6.07, 6.45) is 0. The van der Waals surface area contributed by atoms with Crippen molar-refractivity contribution in [3.05, 3.63) is 48.5 Å². The van der Waals surface area contributed by atoms with Crippen molar-refractivity contribution in [3.8, 4) is 11.1 Å². The van der Waals surface area contributed by atoms with Gasteiger partial charge in [0.2, 0.25) is 0 Å². The first-order chi connectivity index (χ1) is 9.18. The lowest BCUT2D eigenvalue weighted by molar-refractivity contribution is 0.587. The van der Waals surface area contributed by atoms with Crippen LogP contribution in [0.1, 0.15) is 0 Å². The average Bonchev–Trinajstić information content (AvgIpc) is 2.37. The first-order valence-corrected chi connectivity index (χ1v) is 11.7. The van der Waals surface area contributed by atoms with Crippen LogP contribution in [0.15, 0.2) is 48.5 Å². The van der Waals surface area contributed by atoms with Gasteiger partial charge in [-0.1, -0.05) is 48.5 Å². The van der Waals surface area contributed by atoms with E-state index in [0.717, 1.165) is 21.7 Å². The van der Waals surface area contributed by atoms with E-state index in [4.69, 9.17) is 0 Å². The van der Waals surface area contributed by atoms with Crippen LogP contribution in [0.25, 0.3) is 11.1 Å². The van der Waals surface area contributed by atoms with Gasteiger partial charge in [-0.2, -0.15) is 0 Å². The van der Waals surface area contributed by atoms with E-state index in [0.29, 0.717) is 0 Å². The largest absolute Gasteiger partial charge is 0.319 e. The molecule has 0 heterocycles. The molecule has 20 heavy (non-hydrogen) atoms. The molecule has 0 unspecified atom stereocenters. The summed E-state index contributed by atoms with van der Waals surface area (Å²) in [6, 6.07) is 15.7. The second kappa shape index (κ2) is 5.35. The van der Waals surface area contributed by atoms with Gasteiger partial charge in [0.1, 0.15) is 14.3 Å². The summed E-state index contributed by atoms with van der Waals surface area (Å²) in [5.74, 6) is 0. The zero-order valence-corrected chi connectivity index (χ0v) is 14.1. The number of hydrogen-bond donors (Lipinski definition) is 0. The van der Waals surface area contributed by atoms with E-state index >= 15 is 0 Å². The monoisotopic (exact) mass is 306 g/mol. The van der Waals surface area contributed by atoms with Crippen LogP contribution in [0.4, 0.5) is 0 Å². The van der Waals surface area contributed by atoms with E-state index in [1.807, 2.05) is 48.5 Å². The topological polar surface area (TPSA) is 34.1 Å². The van der Waals surface area contributed by atoms with Crippen molar-refractivity contribution >= 4 is 24.9 Å². The second-order valence-electron chi connectivity index (χ2n) is 5.80. The summed E-state index contributed by atoms with van der Waals surface area (Å²) < 4.78 is 24.0. The van der Waals surface area contributed by atoms with Crippen LogP contribution in [0, 0.1) is 0 Å². The van der Waals surface area contributed by atoms with Crippen LogP contribution in [0.3, 0.4) is 0 Å². The molecule has 0 N–H and O–H groups in total. The average molecular weight is 306 g/mol. The summed E-state index contributed by atoms with van der Waals surface area (Å²) in [4.78, 5) is 0. The molecule has 0 spiro atoms. The van der Waals surface area contributed by atoms with Crippen LogP contribution >= 0.6 is 14.3 Å².